The van der Waals surface area contributed by atoms with E-state index in [2.05, 4.69) is 0 Å². The van der Waals surface area contributed by atoms with E-state index < -0.39 is 0 Å². The Morgan fingerprint density at radius 2 is 2.14 bits per heavy atom. The summed E-state index contributed by atoms with van der Waals surface area (Å²) in [6.45, 7) is 0. The summed E-state index contributed by atoms with van der Waals surface area (Å²) in [6.07, 6.45) is 1.66. The average molecular weight is 189 g/mol. The molecule has 0 heterocycles. The van der Waals surface area contributed by atoms with Crippen LogP contribution in [0.1, 0.15) is 34.3 Å². The molecule has 1 aromatic rings. The first-order chi connectivity index (χ1) is 6.74. The Hall–Kier alpha value is -1.69. The molecule has 0 bridgehead atoms. The number of nitriles is 1. The Balaban J connectivity index is 2.72. The van der Waals surface area contributed by atoms with Crippen LogP contribution >= 0.6 is 0 Å². The summed E-state index contributed by atoms with van der Waals surface area (Å²) in [5.41, 5.74) is 1.02. The van der Waals surface area contributed by atoms with E-state index >= 15 is 0 Å². The van der Waals surface area contributed by atoms with Crippen LogP contribution in [0, 0.1) is 17.1 Å². The molecule has 0 unspecified atom stereocenters. The minimum absolute atomic E-state index is 0.109. The highest BCUT2D eigenvalue weighted by Gasteiger charge is 2.23. The number of rotatable bonds is 0. The largest absolute Gasteiger partial charge is 0.294 e. The number of halogens is 1. The first-order valence-electron chi connectivity index (χ1n) is 4.48. The lowest BCUT2D eigenvalue weighted by Crippen LogP contribution is -2.14. The molecule has 0 spiro atoms. The van der Waals surface area contributed by atoms with Gasteiger partial charge in [0, 0.05) is 12.0 Å². The lowest BCUT2D eigenvalue weighted by atomic mass is 9.87. The normalized spacial score (nSPS) is 14.7. The van der Waals surface area contributed by atoms with E-state index in [9.17, 15) is 9.18 Å². The number of nitrogens with zero attached hydrogens (tertiary/aromatic N) is 1. The van der Waals surface area contributed by atoms with Gasteiger partial charge in [-0.2, -0.15) is 5.26 Å². The summed E-state index contributed by atoms with van der Waals surface area (Å²) in [5.74, 6) is -0.477. The molecule has 0 aliphatic heterocycles. The molecule has 0 N–H and O–H groups in total. The van der Waals surface area contributed by atoms with Crippen molar-refractivity contribution in [3.05, 3.63) is 34.6 Å². The molecule has 2 nitrogen and oxygen atoms in total. The van der Waals surface area contributed by atoms with Crippen molar-refractivity contribution in [3.8, 4) is 6.07 Å². The number of carbonyl (C=O) groups is 1. The molecule has 0 atom stereocenters. The molecule has 1 aliphatic carbocycles. The topological polar surface area (TPSA) is 40.9 Å². The van der Waals surface area contributed by atoms with Gasteiger partial charge in [0.25, 0.3) is 0 Å². The average Bonchev–Trinajstić information content (AvgIpc) is 2.20. The molecule has 1 aromatic carbocycles. The zero-order valence-corrected chi connectivity index (χ0v) is 7.51. The number of ketones is 1. The number of carbonyl (C=O) groups excluding carboxylic acids is 1. The molecule has 0 saturated carbocycles. The highest BCUT2D eigenvalue weighted by atomic mass is 19.1. The van der Waals surface area contributed by atoms with Crippen molar-refractivity contribution in [1.82, 2.24) is 0 Å². The first kappa shape index (κ1) is 8.89. The smallest absolute Gasteiger partial charge is 0.164 e. The van der Waals surface area contributed by atoms with Gasteiger partial charge in [0.2, 0.25) is 0 Å². The Morgan fingerprint density at radius 3 is 2.86 bits per heavy atom. The van der Waals surface area contributed by atoms with Gasteiger partial charge >= 0.3 is 0 Å². The Labute approximate surface area is 81.0 Å². The Bertz CT molecular complexity index is 445. The quantitative estimate of drug-likeness (QED) is 0.627. The number of benzene rings is 1. The van der Waals surface area contributed by atoms with Crippen LogP contribution in [0.5, 0.6) is 0 Å². The highest BCUT2D eigenvalue weighted by molar-refractivity contribution is 6.00. The third-order valence-electron chi connectivity index (χ3n) is 2.49. The van der Waals surface area contributed by atoms with Gasteiger partial charge in [-0.05, 0) is 30.5 Å². The van der Waals surface area contributed by atoms with Gasteiger partial charge in [0.15, 0.2) is 5.78 Å². The van der Waals surface area contributed by atoms with Crippen LogP contribution in [0.15, 0.2) is 12.1 Å². The summed E-state index contributed by atoms with van der Waals surface area (Å²) in [7, 11) is 0. The molecule has 0 aromatic heterocycles. The molecule has 0 saturated heterocycles. The predicted molar refractivity (Wildman–Crippen MR) is 48.4 cm³/mol. The fourth-order valence-electron chi connectivity index (χ4n) is 1.83. The molecule has 0 fully saturated rings. The molecule has 0 radical (unpaired) electrons. The third kappa shape index (κ3) is 1.20. The molecule has 0 amide bonds. The second-order valence-corrected chi connectivity index (χ2v) is 3.34. The summed E-state index contributed by atoms with van der Waals surface area (Å²) in [4.78, 5) is 11.5. The number of hydrogen-bond acceptors (Lipinski definition) is 2. The predicted octanol–water partition coefficient (Wildman–Crippen LogP) is 2.22. The molecular formula is C11H8FNO. The van der Waals surface area contributed by atoms with Crippen molar-refractivity contribution in [2.45, 2.75) is 19.3 Å². The van der Waals surface area contributed by atoms with E-state index in [0.717, 1.165) is 0 Å². The fraction of sp³-hybridized carbons (Fsp3) is 0.273. The summed E-state index contributed by atoms with van der Waals surface area (Å²) < 4.78 is 13.3. The van der Waals surface area contributed by atoms with E-state index in [1.54, 1.807) is 0 Å². The van der Waals surface area contributed by atoms with Gasteiger partial charge in [0.1, 0.15) is 5.82 Å². The second kappa shape index (κ2) is 3.22. The van der Waals surface area contributed by atoms with E-state index in [1.807, 2.05) is 6.07 Å². The van der Waals surface area contributed by atoms with Crippen LogP contribution in [0.3, 0.4) is 0 Å². The van der Waals surface area contributed by atoms with Crippen molar-refractivity contribution in [1.29, 1.82) is 5.26 Å². The van der Waals surface area contributed by atoms with Gasteiger partial charge in [0.05, 0.1) is 11.6 Å². The number of fused-ring (bicyclic) bond motifs is 1. The van der Waals surface area contributed by atoms with Crippen LogP contribution in [0.25, 0.3) is 0 Å². The second-order valence-electron chi connectivity index (χ2n) is 3.34. The number of Topliss-reactive ketones (excluding diaryl/α,β-unsaturated/α-hetero) is 1. The maximum Gasteiger partial charge on any atom is 0.164 e. The summed E-state index contributed by atoms with van der Waals surface area (Å²) >= 11 is 0. The van der Waals surface area contributed by atoms with Crippen molar-refractivity contribution in [3.63, 3.8) is 0 Å². The minimum atomic E-state index is -0.368. The zero-order chi connectivity index (χ0) is 10.1. The van der Waals surface area contributed by atoms with Crippen LogP contribution in [-0.4, -0.2) is 5.78 Å². The van der Waals surface area contributed by atoms with E-state index in [-0.39, 0.29) is 11.6 Å². The Morgan fingerprint density at radius 1 is 1.36 bits per heavy atom. The molecule has 14 heavy (non-hydrogen) atoms. The van der Waals surface area contributed by atoms with Crippen LogP contribution in [0.4, 0.5) is 4.39 Å². The molecular weight excluding hydrogens is 181 g/mol. The van der Waals surface area contributed by atoms with Gasteiger partial charge < -0.3 is 0 Å². The first-order valence-corrected chi connectivity index (χ1v) is 4.48. The molecule has 1 aliphatic rings. The van der Waals surface area contributed by atoms with Gasteiger partial charge in [-0.15, -0.1) is 0 Å². The van der Waals surface area contributed by atoms with Crippen molar-refractivity contribution < 1.29 is 9.18 Å². The molecule has 70 valence electrons. The standard InChI is InChI=1S/C11H8FNO/c12-9-5-4-7(6-13)11-8(9)2-1-3-10(11)14/h4-5H,1-3H2. The van der Waals surface area contributed by atoms with Crippen molar-refractivity contribution >= 4 is 5.78 Å². The van der Waals surface area contributed by atoms with Crippen LogP contribution in [-0.2, 0) is 6.42 Å². The lowest BCUT2D eigenvalue weighted by Gasteiger charge is -2.15. The fourth-order valence-corrected chi connectivity index (χ4v) is 1.83. The van der Waals surface area contributed by atoms with E-state index in [0.29, 0.717) is 36.0 Å². The summed E-state index contributed by atoms with van der Waals surface area (Å²) in [6, 6.07) is 4.56. The lowest BCUT2D eigenvalue weighted by molar-refractivity contribution is 0.0971. The monoisotopic (exact) mass is 189 g/mol. The minimum Gasteiger partial charge on any atom is -0.294 e. The van der Waals surface area contributed by atoms with Crippen LogP contribution in [0.2, 0.25) is 0 Å². The highest BCUT2D eigenvalue weighted by Crippen LogP contribution is 2.26. The van der Waals surface area contributed by atoms with E-state index in [1.165, 1.54) is 12.1 Å². The maximum absolute atomic E-state index is 13.3. The van der Waals surface area contributed by atoms with E-state index in [4.69, 9.17) is 5.26 Å². The molecule has 3 heteroatoms. The van der Waals surface area contributed by atoms with Gasteiger partial charge in [-0.1, -0.05) is 0 Å². The Kier molecular flexibility index (Phi) is 2.05. The van der Waals surface area contributed by atoms with Gasteiger partial charge in [-0.25, -0.2) is 4.39 Å². The number of hydrogen-bond donors (Lipinski definition) is 0. The third-order valence-corrected chi connectivity index (χ3v) is 2.49. The maximum atomic E-state index is 13.3. The van der Waals surface area contributed by atoms with Gasteiger partial charge in [-0.3, -0.25) is 4.79 Å². The summed E-state index contributed by atoms with van der Waals surface area (Å²) in [5, 5.41) is 8.78. The SMILES string of the molecule is N#Cc1ccc(F)c2c1C(=O)CCC2. The zero-order valence-electron chi connectivity index (χ0n) is 7.51. The van der Waals surface area contributed by atoms with Crippen LogP contribution < -0.4 is 0 Å². The van der Waals surface area contributed by atoms with Crippen molar-refractivity contribution in [2.24, 2.45) is 0 Å². The molecule has 2 rings (SSSR count). The van der Waals surface area contributed by atoms with Crippen molar-refractivity contribution in [2.75, 3.05) is 0 Å².